The van der Waals surface area contributed by atoms with Crippen molar-refractivity contribution in [1.82, 2.24) is 10.9 Å². The van der Waals surface area contributed by atoms with Gasteiger partial charge in [0.2, 0.25) is 0 Å². The number of hydrogen-bond donors (Lipinski definition) is 2. The van der Waals surface area contributed by atoms with Crippen molar-refractivity contribution in [3.8, 4) is 11.1 Å². The molecular weight excluding hydrogens is 360 g/mol. The van der Waals surface area contributed by atoms with Crippen LogP contribution in [0.15, 0.2) is 77.4 Å². The van der Waals surface area contributed by atoms with E-state index in [1.165, 1.54) is 12.3 Å². The normalized spacial score (nSPS) is 10.1. The lowest BCUT2D eigenvalue weighted by Gasteiger charge is -2.08. The van der Waals surface area contributed by atoms with Crippen LogP contribution in [0.2, 0.25) is 0 Å². The van der Waals surface area contributed by atoms with E-state index in [0.29, 0.717) is 0 Å². The van der Waals surface area contributed by atoms with Gasteiger partial charge in [-0.05, 0) is 28.8 Å². The summed E-state index contributed by atoms with van der Waals surface area (Å²) in [6.45, 7) is -0.501. The molecule has 7 nitrogen and oxygen atoms in total. The van der Waals surface area contributed by atoms with Crippen LogP contribution in [-0.4, -0.2) is 24.4 Å². The largest absolute Gasteiger partial charge is 0.459 e. The fourth-order valence-electron chi connectivity index (χ4n) is 2.44. The van der Waals surface area contributed by atoms with Crippen molar-refractivity contribution in [3.63, 3.8) is 0 Å². The van der Waals surface area contributed by atoms with E-state index in [1.807, 2.05) is 54.6 Å². The second-order valence-electron chi connectivity index (χ2n) is 5.88. The third kappa shape index (κ3) is 5.31. The predicted molar refractivity (Wildman–Crippen MR) is 101 cm³/mol. The van der Waals surface area contributed by atoms with Crippen molar-refractivity contribution < 1.29 is 23.5 Å². The first kappa shape index (κ1) is 18.9. The van der Waals surface area contributed by atoms with E-state index in [4.69, 9.17) is 9.15 Å². The number of amides is 2. The Morgan fingerprint density at radius 1 is 0.821 bits per heavy atom. The van der Waals surface area contributed by atoms with Crippen LogP contribution in [0.1, 0.15) is 16.1 Å². The minimum atomic E-state index is -0.660. The van der Waals surface area contributed by atoms with Crippen molar-refractivity contribution in [2.75, 3.05) is 6.61 Å². The number of furan rings is 1. The van der Waals surface area contributed by atoms with Gasteiger partial charge in [-0.2, -0.15) is 0 Å². The maximum Gasteiger partial charge on any atom is 0.310 e. The predicted octanol–water partition coefficient (Wildman–Crippen LogP) is 2.49. The molecule has 0 aliphatic rings. The van der Waals surface area contributed by atoms with E-state index in [1.54, 1.807) is 6.07 Å². The highest BCUT2D eigenvalue weighted by Crippen LogP contribution is 2.19. The fraction of sp³-hybridized carbons (Fsp3) is 0.0952. The molecule has 3 rings (SSSR count). The molecule has 3 aromatic rings. The molecule has 0 saturated heterocycles. The lowest BCUT2D eigenvalue weighted by molar-refractivity contribution is -0.148. The summed E-state index contributed by atoms with van der Waals surface area (Å²) in [6.07, 6.45) is 1.38. The van der Waals surface area contributed by atoms with Crippen LogP contribution in [0.25, 0.3) is 11.1 Å². The molecule has 0 unspecified atom stereocenters. The van der Waals surface area contributed by atoms with E-state index in [9.17, 15) is 14.4 Å². The van der Waals surface area contributed by atoms with Gasteiger partial charge in [0.15, 0.2) is 12.4 Å². The molecule has 1 aromatic heterocycles. The maximum absolute atomic E-state index is 11.9. The Morgan fingerprint density at radius 2 is 1.54 bits per heavy atom. The number of hydrogen-bond acceptors (Lipinski definition) is 5. The number of esters is 1. The van der Waals surface area contributed by atoms with E-state index >= 15 is 0 Å². The molecule has 0 spiro atoms. The summed E-state index contributed by atoms with van der Waals surface area (Å²) < 4.78 is 9.80. The topological polar surface area (TPSA) is 97.6 Å². The summed E-state index contributed by atoms with van der Waals surface area (Å²) in [6, 6.07) is 20.4. The monoisotopic (exact) mass is 378 g/mol. The summed E-state index contributed by atoms with van der Waals surface area (Å²) in [5, 5.41) is 0. The number of carbonyl (C=O) groups is 3. The first-order chi connectivity index (χ1) is 13.6. The molecule has 0 bridgehead atoms. The zero-order valence-corrected chi connectivity index (χ0v) is 14.9. The summed E-state index contributed by atoms with van der Waals surface area (Å²) in [5.74, 6) is -1.76. The van der Waals surface area contributed by atoms with Crippen LogP contribution < -0.4 is 10.9 Å². The van der Waals surface area contributed by atoms with Gasteiger partial charge in [-0.15, -0.1) is 0 Å². The molecule has 2 aromatic carbocycles. The molecule has 0 fully saturated rings. The molecule has 28 heavy (non-hydrogen) atoms. The lowest BCUT2D eigenvalue weighted by atomic mass is 10.0. The quantitative estimate of drug-likeness (QED) is 0.507. The molecule has 7 heteroatoms. The molecule has 0 saturated carbocycles. The van der Waals surface area contributed by atoms with Gasteiger partial charge in [0.05, 0.1) is 12.7 Å². The zero-order valence-electron chi connectivity index (χ0n) is 14.9. The number of rotatable bonds is 6. The number of ether oxygens (including phenoxy) is 1. The number of benzene rings is 2. The highest BCUT2D eigenvalue weighted by atomic mass is 16.5. The average Bonchev–Trinajstić information content (AvgIpc) is 3.27. The molecule has 0 aliphatic heterocycles. The molecule has 1 heterocycles. The molecule has 0 aliphatic carbocycles. The third-order valence-electron chi connectivity index (χ3n) is 3.83. The molecule has 142 valence electrons. The average molecular weight is 378 g/mol. The van der Waals surface area contributed by atoms with Crippen molar-refractivity contribution in [3.05, 3.63) is 84.3 Å². The second kappa shape index (κ2) is 9.18. The summed E-state index contributed by atoms with van der Waals surface area (Å²) in [5.41, 5.74) is 7.20. The van der Waals surface area contributed by atoms with E-state index in [2.05, 4.69) is 10.9 Å². The number of nitrogens with one attached hydrogen (secondary N) is 2. The van der Waals surface area contributed by atoms with E-state index in [0.717, 1.165) is 16.7 Å². The number of hydrazine groups is 1. The van der Waals surface area contributed by atoms with Crippen LogP contribution in [0, 0.1) is 0 Å². The van der Waals surface area contributed by atoms with E-state index in [-0.39, 0.29) is 12.2 Å². The first-order valence-corrected chi connectivity index (χ1v) is 8.54. The minimum absolute atomic E-state index is 0.0428. The Balaban J connectivity index is 1.41. The molecule has 2 N–H and O–H groups in total. The van der Waals surface area contributed by atoms with E-state index < -0.39 is 24.4 Å². The van der Waals surface area contributed by atoms with Gasteiger partial charge in [0.25, 0.3) is 5.91 Å². The van der Waals surface area contributed by atoms with Gasteiger partial charge in [0.1, 0.15) is 0 Å². The molecular formula is C21H18N2O5. The van der Waals surface area contributed by atoms with Crippen LogP contribution in [0.5, 0.6) is 0 Å². The van der Waals surface area contributed by atoms with Gasteiger partial charge in [-0.25, -0.2) is 0 Å². The first-order valence-electron chi connectivity index (χ1n) is 8.54. The van der Waals surface area contributed by atoms with Crippen LogP contribution in [0.3, 0.4) is 0 Å². The molecule has 2 amide bonds. The Hall–Kier alpha value is -3.87. The highest BCUT2D eigenvalue weighted by Gasteiger charge is 2.12. The maximum atomic E-state index is 11.9. The molecule has 0 radical (unpaired) electrons. The molecule has 0 atom stereocenters. The van der Waals surface area contributed by atoms with Crippen LogP contribution in [0.4, 0.5) is 0 Å². The smallest absolute Gasteiger partial charge is 0.310 e. The van der Waals surface area contributed by atoms with Gasteiger partial charge in [0, 0.05) is 0 Å². The zero-order chi connectivity index (χ0) is 19.8. The summed E-state index contributed by atoms with van der Waals surface area (Å²) in [7, 11) is 0. The Kier molecular flexibility index (Phi) is 6.20. The summed E-state index contributed by atoms with van der Waals surface area (Å²) in [4.78, 5) is 35.1. The standard InChI is InChI=1S/C21H18N2O5/c24-19(22-23-21(26)18-7-4-12-27-18)14-28-20(25)13-15-8-10-17(11-9-15)16-5-2-1-3-6-16/h1-12H,13-14H2,(H,22,24)(H,23,26). The Morgan fingerprint density at radius 3 is 2.21 bits per heavy atom. The lowest BCUT2D eigenvalue weighted by Crippen LogP contribution is -2.43. The van der Waals surface area contributed by atoms with Gasteiger partial charge in [-0.3, -0.25) is 25.2 Å². The Labute approximate surface area is 161 Å². The fourth-order valence-corrected chi connectivity index (χ4v) is 2.44. The van der Waals surface area contributed by atoms with Gasteiger partial charge >= 0.3 is 11.9 Å². The second-order valence-corrected chi connectivity index (χ2v) is 5.88. The van der Waals surface area contributed by atoms with Crippen molar-refractivity contribution in [2.24, 2.45) is 0 Å². The third-order valence-corrected chi connectivity index (χ3v) is 3.83. The SMILES string of the molecule is O=C(COC(=O)Cc1ccc(-c2ccccc2)cc1)NNC(=O)c1ccco1. The van der Waals surface area contributed by atoms with Crippen molar-refractivity contribution in [2.45, 2.75) is 6.42 Å². The Bertz CT molecular complexity index is 935. The summed E-state index contributed by atoms with van der Waals surface area (Å²) >= 11 is 0. The van der Waals surface area contributed by atoms with Crippen LogP contribution in [-0.2, 0) is 20.7 Å². The van der Waals surface area contributed by atoms with Gasteiger partial charge < -0.3 is 9.15 Å². The van der Waals surface area contributed by atoms with Crippen molar-refractivity contribution >= 4 is 17.8 Å². The minimum Gasteiger partial charge on any atom is -0.459 e. The van der Waals surface area contributed by atoms with Crippen LogP contribution >= 0.6 is 0 Å². The highest BCUT2D eigenvalue weighted by molar-refractivity contribution is 5.93. The van der Waals surface area contributed by atoms with Crippen molar-refractivity contribution in [1.29, 1.82) is 0 Å². The number of carbonyl (C=O) groups excluding carboxylic acids is 3. The van der Waals surface area contributed by atoms with Gasteiger partial charge in [-0.1, -0.05) is 54.6 Å².